The summed E-state index contributed by atoms with van der Waals surface area (Å²) in [4.78, 5) is 18.0. The van der Waals surface area contributed by atoms with E-state index in [0.29, 0.717) is 11.4 Å². The van der Waals surface area contributed by atoms with Gasteiger partial charge in [-0.15, -0.1) is 0 Å². The van der Waals surface area contributed by atoms with Crippen LogP contribution in [0.25, 0.3) is 11.0 Å². The van der Waals surface area contributed by atoms with Crippen LogP contribution >= 0.6 is 11.8 Å². The first-order valence-electron chi connectivity index (χ1n) is 9.23. The molecule has 6 heteroatoms. The SMILES string of the molecule is COc1cccc(NC(=O)C(Sc2nc3ccccc3n2C)c2ccccc2)c1. The summed E-state index contributed by atoms with van der Waals surface area (Å²) in [5, 5.41) is 3.36. The fraction of sp³-hybridized carbons (Fsp3) is 0.130. The summed E-state index contributed by atoms with van der Waals surface area (Å²) in [6.45, 7) is 0. The van der Waals surface area contributed by atoms with Crippen LogP contribution in [-0.2, 0) is 11.8 Å². The average molecular weight is 404 g/mol. The van der Waals surface area contributed by atoms with Crippen molar-refractivity contribution in [1.29, 1.82) is 0 Å². The molecule has 3 aromatic carbocycles. The minimum atomic E-state index is -0.446. The number of amides is 1. The highest BCUT2D eigenvalue weighted by atomic mass is 32.2. The Hall–Kier alpha value is -3.25. The Balaban J connectivity index is 1.66. The van der Waals surface area contributed by atoms with Gasteiger partial charge in [-0.05, 0) is 29.8 Å². The second-order valence-electron chi connectivity index (χ2n) is 6.57. The maximum Gasteiger partial charge on any atom is 0.242 e. The number of hydrogen-bond donors (Lipinski definition) is 1. The molecule has 1 unspecified atom stereocenters. The van der Waals surface area contributed by atoms with Crippen molar-refractivity contribution in [2.24, 2.45) is 7.05 Å². The van der Waals surface area contributed by atoms with Crippen LogP contribution in [0.2, 0.25) is 0 Å². The number of para-hydroxylation sites is 2. The van der Waals surface area contributed by atoms with Gasteiger partial charge in [0.1, 0.15) is 11.0 Å². The molecule has 146 valence electrons. The Bertz CT molecular complexity index is 1140. The number of rotatable bonds is 6. The molecule has 29 heavy (non-hydrogen) atoms. The molecule has 0 spiro atoms. The highest BCUT2D eigenvalue weighted by Crippen LogP contribution is 2.37. The average Bonchev–Trinajstić information content (AvgIpc) is 3.08. The fourth-order valence-corrected chi connectivity index (χ4v) is 4.22. The second kappa shape index (κ2) is 8.41. The summed E-state index contributed by atoms with van der Waals surface area (Å²) >= 11 is 1.44. The Morgan fingerprint density at radius 3 is 2.55 bits per heavy atom. The van der Waals surface area contributed by atoms with Gasteiger partial charge in [0, 0.05) is 18.8 Å². The van der Waals surface area contributed by atoms with Crippen LogP contribution in [0.4, 0.5) is 5.69 Å². The Morgan fingerprint density at radius 1 is 1.03 bits per heavy atom. The smallest absolute Gasteiger partial charge is 0.242 e. The Kier molecular flexibility index (Phi) is 5.53. The number of fused-ring (bicyclic) bond motifs is 1. The zero-order valence-electron chi connectivity index (χ0n) is 16.2. The van der Waals surface area contributed by atoms with Gasteiger partial charge in [-0.3, -0.25) is 4.79 Å². The molecule has 0 aliphatic carbocycles. The van der Waals surface area contributed by atoms with Gasteiger partial charge in [0.2, 0.25) is 5.91 Å². The van der Waals surface area contributed by atoms with Crippen molar-refractivity contribution >= 4 is 34.4 Å². The maximum atomic E-state index is 13.2. The number of anilines is 1. The third-order valence-electron chi connectivity index (χ3n) is 4.65. The van der Waals surface area contributed by atoms with Gasteiger partial charge in [0.05, 0.1) is 18.1 Å². The molecule has 1 amide bonds. The highest BCUT2D eigenvalue weighted by molar-refractivity contribution is 8.00. The predicted octanol–water partition coefficient (Wildman–Crippen LogP) is 5.05. The molecule has 0 bridgehead atoms. The van der Waals surface area contributed by atoms with E-state index in [4.69, 9.17) is 9.72 Å². The Morgan fingerprint density at radius 2 is 1.79 bits per heavy atom. The van der Waals surface area contributed by atoms with Crippen LogP contribution in [0.15, 0.2) is 84.0 Å². The number of ether oxygens (including phenoxy) is 1. The van der Waals surface area contributed by atoms with Crippen LogP contribution in [0, 0.1) is 0 Å². The number of carbonyl (C=O) groups excluding carboxylic acids is 1. The fourth-order valence-electron chi connectivity index (χ4n) is 3.14. The summed E-state index contributed by atoms with van der Waals surface area (Å²) in [5.74, 6) is 0.587. The largest absolute Gasteiger partial charge is 0.497 e. The van der Waals surface area contributed by atoms with Crippen molar-refractivity contribution in [3.05, 3.63) is 84.4 Å². The van der Waals surface area contributed by atoms with E-state index in [2.05, 4.69) is 5.32 Å². The molecule has 4 rings (SSSR count). The van der Waals surface area contributed by atoms with Crippen LogP contribution < -0.4 is 10.1 Å². The zero-order valence-corrected chi connectivity index (χ0v) is 17.0. The van der Waals surface area contributed by atoms with E-state index in [1.807, 2.05) is 84.4 Å². The third-order valence-corrected chi connectivity index (χ3v) is 5.95. The van der Waals surface area contributed by atoms with Crippen molar-refractivity contribution < 1.29 is 9.53 Å². The molecule has 0 saturated carbocycles. The molecule has 1 N–H and O–H groups in total. The van der Waals surface area contributed by atoms with Gasteiger partial charge in [0.25, 0.3) is 0 Å². The molecule has 1 aromatic heterocycles. The summed E-state index contributed by atoms with van der Waals surface area (Å²) < 4.78 is 7.28. The molecule has 0 fully saturated rings. The first-order valence-corrected chi connectivity index (χ1v) is 10.1. The van der Waals surface area contributed by atoms with Crippen LogP contribution in [0.1, 0.15) is 10.8 Å². The molecular weight excluding hydrogens is 382 g/mol. The van der Waals surface area contributed by atoms with Gasteiger partial charge < -0.3 is 14.6 Å². The minimum Gasteiger partial charge on any atom is -0.497 e. The second-order valence-corrected chi connectivity index (χ2v) is 7.64. The van der Waals surface area contributed by atoms with Crippen LogP contribution in [0.5, 0.6) is 5.75 Å². The number of aryl methyl sites for hydroxylation is 1. The number of imidazole rings is 1. The lowest BCUT2D eigenvalue weighted by Crippen LogP contribution is -2.19. The van der Waals surface area contributed by atoms with E-state index in [9.17, 15) is 4.79 Å². The van der Waals surface area contributed by atoms with Crippen molar-refractivity contribution in [3.63, 3.8) is 0 Å². The number of nitrogens with zero attached hydrogens (tertiary/aromatic N) is 2. The molecule has 0 radical (unpaired) electrons. The lowest BCUT2D eigenvalue weighted by atomic mass is 10.1. The zero-order chi connectivity index (χ0) is 20.2. The molecule has 5 nitrogen and oxygen atoms in total. The summed E-state index contributed by atoms with van der Waals surface area (Å²) in [5.41, 5.74) is 3.57. The highest BCUT2D eigenvalue weighted by Gasteiger charge is 2.25. The molecule has 1 heterocycles. The van der Waals surface area contributed by atoms with Crippen molar-refractivity contribution in [1.82, 2.24) is 9.55 Å². The number of benzene rings is 3. The summed E-state index contributed by atoms with van der Waals surface area (Å²) in [6, 6.07) is 25.1. The quantitative estimate of drug-likeness (QED) is 0.458. The number of thioether (sulfide) groups is 1. The normalized spacial score (nSPS) is 11.9. The van der Waals surface area contributed by atoms with Gasteiger partial charge in [0.15, 0.2) is 5.16 Å². The number of hydrogen-bond acceptors (Lipinski definition) is 4. The third kappa shape index (κ3) is 4.12. The van der Waals surface area contributed by atoms with Gasteiger partial charge in [-0.1, -0.05) is 60.3 Å². The predicted molar refractivity (Wildman–Crippen MR) is 117 cm³/mol. The summed E-state index contributed by atoms with van der Waals surface area (Å²) in [7, 11) is 3.58. The molecule has 4 aromatic rings. The first-order chi connectivity index (χ1) is 14.2. The van der Waals surface area contributed by atoms with Crippen molar-refractivity contribution in [2.45, 2.75) is 10.4 Å². The standard InChI is InChI=1S/C23H21N3O2S/c1-26-20-14-7-6-13-19(20)25-23(26)29-21(16-9-4-3-5-10-16)22(27)24-17-11-8-12-18(15-17)28-2/h3-15,21H,1-2H3,(H,24,27). The van der Waals surface area contributed by atoms with E-state index >= 15 is 0 Å². The lowest BCUT2D eigenvalue weighted by molar-refractivity contribution is -0.115. The van der Waals surface area contributed by atoms with Gasteiger partial charge >= 0.3 is 0 Å². The number of aromatic nitrogens is 2. The monoisotopic (exact) mass is 403 g/mol. The van der Waals surface area contributed by atoms with E-state index in [1.165, 1.54) is 11.8 Å². The molecule has 0 aliphatic heterocycles. The van der Waals surface area contributed by atoms with Crippen LogP contribution in [0.3, 0.4) is 0 Å². The first kappa shape index (κ1) is 19.1. The molecule has 1 atom stereocenters. The van der Waals surface area contributed by atoms with Crippen molar-refractivity contribution in [3.8, 4) is 5.75 Å². The molecule has 0 saturated heterocycles. The summed E-state index contributed by atoms with van der Waals surface area (Å²) in [6.07, 6.45) is 0. The van der Waals surface area contributed by atoms with Gasteiger partial charge in [-0.2, -0.15) is 0 Å². The number of nitrogens with one attached hydrogen (secondary N) is 1. The molecule has 0 aliphatic rings. The maximum absolute atomic E-state index is 13.2. The topological polar surface area (TPSA) is 56.1 Å². The minimum absolute atomic E-state index is 0.110. The van der Waals surface area contributed by atoms with Gasteiger partial charge in [-0.25, -0.2) is 4.98 Å². The van der Waals surface area contributed by atoms with E-state index in [0.717, 1.165) is 21.8 Å². The number of methoxy groups -OCH3 is 1. The van der Waals surface area contributed by atoms with E-state index in [1.54, 1.807) is 13.2 Å². The number of carbonyl (C=O) groups is 1. The lowest BCUT2D eigenvalue weighted by Gasteiger charge is -2.17. The Labute approximate surface area is 173 Å². The van der Waals surface area contributed by atoms with E-state index < -0.39 is 5.25 Å². The van der Waals surface area contributed by atoms with Crippen LogP contribution in [-0.4, -0.2) is 22.6 Å². The van der Waals surface area contributed by atoms with E-state index in [-0.39, 0.29) is 5.91 Å². The van der Waals surface area contributed by atoms with Crippen molar-refractivity contribution in [2.75, 3.05) is 12.4 Å². The molecular formula is C23H21N3O2S.